The second kappa shape index (κ2) is 6.23. The van der Waals surface area contributed by atoms with Crippen LogP contribution in [0.3, 0.4) is 0 Å². The van der Waals surface area contributed by atoms with Gasteiger partial charge in [0.15, 0.2) is 5.65 Å². The fraction of sp³-hybridized carbons (Fsp3) is 0.176. The van der Waals surface area contributed by atoms with Gasteiger partial charge in [-0.15, -0.1) is 0 Å². The molecule has 0 amide bonds. The number of hydrogen-bond donors (Lipinski definition) is 1. The fourth-order valence-electron chi connectivity index (χ4n) is 2.65. The molecular weight excluding hydrogens is 318 g/mol. The molecule has 8 nitrogen and oxygen atoms in total. The highest BCUT2D eigenvalue weighted by Gasteiger charge is 2.10. The molecule has 1 aromatic carbocycles. The summed E-state index contributed by atoms with van der Waals surface area (Å²) in [6.07, 6.45) is 7.10. The van der Waals surface area contributed by atoms with E-state index in [0.29, 0.717) is 12.5 Å². The van der Waals surface area contributed by atoms with E-state index in [9.17, 15) is 0 Å². The van der Waals surface area contributed by atoms with Gasteiger partial charge >= 0.3 is 0 Å². The van der Waals surface area contributed by atoms with Gasteiger partial charge in [0, 0.05) is 25.0 Å². The summed E-state index contributed by atoms with van der Waals surface area (Å²) in [5.74, 6) is 1.33. The molecule has 0 unspecified atom stereocenters. The average Bonchev–Trinajstić information content (AvgIpc) is 3.22. The van der Waals surface area contributed by atoms with E-state index in [1.807, 2.05) is 42.2 Å². The number of rotatable bonds is 5. The van der Waals surface area contributed by atoms with Crippen LogP contribution in [0.2, 0.25) is 0 Å². The summed E-state index contributed by atoms with van der Waals surface area (Å²) in [7, 11) is 3.52. The van der Waals surface area contributed by atoms with Gasteiger partial charge in [-0.1, -0.05) is 18.2 Å². The SMILES string of the molecule is COc1ccccc1Cn1ncc2cnc(Nc3cnn(C)c3)nc21. The van der Waals surface area contributed by atoms with Crippen LogP contribution in [0.4, 0.5) is 11.6 Å². The van der Waals surface area contributed by atoms with Crippen molar-refractivity contribution in [2.75, 3.05) is 12.4 Å². The summed E-state index contributed by atoms with van der Waals surface area (Å²) in [4.78, 5) is 8.92. The van der Waals surface area contributed by atoms with Crippen molar-refractivity contribution in [3.8, 4) is 5.75 Å². The van der Waals surface area contributed by atoms with Crippen LogP contribution in [0, 0.1) is 0 Å². The van der Waals surface area contributed by atoms with Crippen molar-refractivity contribution in [2.45, 2.75) is 6.54 Å². The molecule has 1 N–H and O–H groups in total. The minimum absolute atomic E-state index is 0.502. The molecule has 8 heteroatoms. The maximum Gasteiger partial charge on any atom is 0.229 e. The van der Waals surface area contributed by atoms with Crippen molar-refractivity contribution < 1.29 is 4.74 Å². The van der Waals surface area contributed by atoms with Gasteiger partial charge in [-0.2, -0.15) is 15.2 Å². The standard InChI is InChI=1S/C17H17N7O/c1-23-11-14(9-19-23)21-17-18-7-13-8-20-24(16(13)22-17)10-12-5-3-4-6-15(12)25-2/h3-9,11H,10H2,1-2H3,(H,18,21,22). The minimum Gasteiger partial charge on any atom is -0.496 e. The molecule has 0 spiro atoms. The Balaban J connectivity index is 1.66. The third-order valence-electron chi connectivity index (χ3n) is 3.85. The third kappa shape index (κ3) is 3.01. The molecule has 3 aromatic heterocycles. The lowest BCUT2D eigenvalue weighted by atomic mass is 10.2. The Morgan fingerprint density at radius 2 is 2.00 bits per heavy atom. The quantitative estimate of drug-likeness (QED) is 0.603. The van der Waals surface area contributed by atoms with Crippen LogP contribution in [0.15, 0.2) is 49.1 Å². The van der Waals surface area contributed by atoms with Crippen LogP contribution in [0.1, 0.15) is 5.56 Å². The van der Waals surface area contributed by atoms with E-state index >= 15 is 0 Å². The zero-order chi connectivity index (χ0) is 17.2. The van der Waals surface area contributed by atoms with E-state index in [1.54, 1.807) is 30.4 Å². The topological polar surface area (TPSA) is 82.7 Å². The van der Waals surface area contributed by atoms with Crippen LogP contribution in [-0.2, 0) is 13.6 Å². The number of benzene rings is 1. The van der Waals surface area contributed by atoms with E-state index < -0.39 is 0 Å². The number of fused-ring (bicyclic) bond motifs is 1. The fourth-order valence-corrected chi connectivity index (χ4v) is 2.65. The summed E-state index contributed by atoms with van der Waals surface area (Å²) in [5, 5.41) is 12.6. The highest BCUT2D eigenvalue weighted by molar-refractivity contribution is 5.75. The first-order valence-corrected chi connectivity index (χ1v) is 7.79. The first kappa shape index (κ1) is 15.1. The number of anilines is 2. The number of nitrogens with one attached hydrogen (secondary N) is 1. The molecule has 0 atom stereocenters. The van der Waals surface area contributed by atoms with E-state index in [1.165, 1.54) is 0 Å². The third-order valence-corrected chi connectivity index (χ3v) is 3.85. The molecule has 4 aromatic rings. The lowest BCUT2D eigenvalue weighted by Crippen LogP contribution is -2.05. The maximum atomic E-state index is 5.42. The average molecular weight is 335 g/mol. The zero-order valence-corrected chi connectivity index (χ0v) is 13.9. The van der Waals surface area contributed by atoms with Gasteiger partial charge in [0.1, 0.15) is 5.75 Å². The van der Waals surface area contributed by atoms with Crippen molar-refractivity contribution in [2.24, 2.45) is 7.05 Å². The van der Waals surface area contributed by atoms with E-state index in [-0.39, 0.29) is 0 Å². The van der Waals surface area contributed by atoms with Crippen molar-refractivity contribution in [1.82, 2.24) is 29.5 Å². The molecule has 0 bridgehead atoms. The lowest BCUT2D eigenvalue weighted by molar-refractivity contribution is 0.407. The molecule has 0 radical (unpaired) electrons. The highest BCUT2D eigenvalue weighted by atomic mass is 16.5. The van der Waals surface area contributed by atoms with Gasteiger partial charge in [-0.05, 0) is 6.07 Å². The van der Waals surface area contributed by atoms with Crippen LogP contribution in [0.5, 0.6) is 5.75 Å². The molecule has 0 saturated carbocycles. The van der Waals surface area contributed by atoms with E-state index in [0.717, 1.165) is 28.0 Å². The number of nitrogens with zero attached hydrogens (tertiary/aromatic N) is 6. The smallest absolute Gasteiger partial charge is 0.229 e. The molecule has 0 saturated heterocycles. The predicted octanol–water partition coefficient (Wildman–Crippen LogP) is 2.36. The number of methoxy groups -OCH3 is 1. The Hall–Kier alpha value is -3.42. The second-order valence-corrected chi connectivity index (χ2v) is 5.61. The zero-order valence-electron chi connectivity index (χ0n) is 13.9. The van der Waals surface area contributed by atoms with Gasteiger partial charge in [0.05, 0.1) is 37.1 Å². The van der Waals surface area contributed by atoms with Crippen LogP contribution in [-0.4, -0.2) is 36.6 Å². The Labute approximate surface area is 144 Å². The minimum atomic E-state index is 0.502. The first-order valence-electron chi connectivity index (χ1n) is 7.79. The van der Waals surface area contributed by atoms with Crippen LogP contribution in [0.25, 0.3) is 11.0 Å². The maximum absolute atomic E-state index is 5.42. The molecule has 3 heterocycles. The summed E-state index contributed by atoms with van der Waals surface area (Å²) in [5.41, 5.74) is 2.63. The Morgan fingerprint density at radius 3 is 2.80 bits per heavy atom. The van der Waals surface area contributed by atoms with Crippen LogP contribution >= 0.6 is 0 Å². The van der Waals surface area contributed by atoms with Gasteiger partial charge in [-0.3, -0.25) is 4.68 Å². The van der Waals surface area contributed by atoms with Gasteiger partial charge in [0.25, 0.3) is 0 Å². The number of ether oxygens (including phenoxy) is 1. The number of aryl methyl sites for hydroxylation is 1. The van der Waals surface area contributed by atoms with Crippen molar-refractivity contribution in [3.63, 3.8) is 0 Å². The molecule has 4 rings (SSSR count). The van der Waals surface area contributed by atoms with E-state index in [4.69, 9.17) is 4.74 Å². The highest BCUT2D eigenvalue weighted by Crippen LogP contribution is 2.21. The Morgan fingerprint density at radius 1 is 1.12 bits per heavy atom. The first-order chi connectivity index (χ1) is 12.2. The Bertz CT molecular complexity index is 1020. The molecule has 0 aliphatic heterocycles. The predicted molar refractivity (Wildman–Crippen MR) is 93.9 cm³/mol. The van der Waals surface area contributed by atoms with Crippen molar-refractivity contribution in [1.29, 1.82) is 0 Å². The largest absolute Gasteiger partial charge is 0.496 e. The molecule has 126 valence electrons. The van der Waals surface area contributed by atoms with Crippen molar-refractivity contribution in [3.05, 3.63) is 54.6 Å². The van der Waals surface area contributed by atoms with E-state index in [2.05, 4.69) is 25.5 Å². The second-order valence-electron chi connectivity index (χ2n) is 5.61. The van der Waals surface area contributed by atoms with Crippen molar-refractivity contribution >= 4 is 22.7 Å². The van der Waals surface area contributed by atoms with Gasteiger partial charge < -0.3 is 10.1 Å². The monoisotopic (exact) mass is 335 g/mol. The number of aromatic nitrogens is 6. The van der Waals surface area contributed by atoms with Crippen LogP contribution < -0.4 is 10.1 Å². The molecule has 0 aliphatic carbocycles. The summed E-state index contributed by atoms with van der Waals surface area (Å²) in [6.45, 7) is 0.566. The molecular formula is C17H17N7O. The number of para-hydroxylation sites is 1. The van der Waals surface area contributed by atoms with Gasteiger partial charge in [-0.25, -0.2) is 9.67 Å². The molecule has 0 aliphatic rings. The Kier molecular flexibility index (Phi) is 3.77. The summed E-state index contributed by atoms with van der Waals surface area (Å²) in [6, 6.07) is 7.88. The number of hydrogen-bond acceptors (Lipinski definition) is 6. The molecule has 25 heavy (non-hydrogen) atoms. The molecule has 0 fully saturated rings. The summed E-state index contributed by atoms with van der Waals surface area (Å²) < 4.78 is 8.97. The normalized spacial score (nSPS) is 11.0. The summed E-state index contributed by atoms with van der Waals surface area (Å²) >= 11 is 0. The van der Waals surface area contributed by atoms with Gasteiger partial charge in [0.2, 0.25) is 5.95 Å². The lowest BCUT2D eigenvalue weighted by Gasteiger charge is -2.09.